The van der Waals surface area contributed by atoms with Crippen molar-refractivity contribution in [3.63, 3.8) is 0 Å². The van der Waals surface area contributed by atoms with E-state index in [9.17, 15) is 29.2 Å². The van der Waals surface area contributed by atoms with Crippen LogP contribution in [0.2, 0.25) is 5.15 Å². The molecule has 3 aromatic heterocycles. The summed E-state index contributed by atoms with van der Waals surface area (Å²) >= 11 is 6.16. The maximum atomic E-state index is 15.4. The van der Waals surface area contributed by atoms with Gasteiger partial charge in [-0.25, -0.2) is 24.3 Å². The number of piperidine rings is 1. The number of likely N-dealkylation sites (N-methyl/N-ethyl adjacent to an activating group) is 1. The normalized spacial score (nSPS) is 20.1. The number of pyridine rings is 2. The highest BCUT2D eigenvalue weighted by molar-refractivity contribution is 6.30. The van der Waals surface area contributed by atoms with E-state index in [1.165, 1.54) is 36.5 Å². The van der Waals surface area contributed by atoms with Gasteiger partial charge in [0, 0.05) is 69.9 Å². The molecule has 6 heterocycles. The van der Waals surface area contributed by atoms with E-state index in [0.29, 0.717) is 75.1 Å². The summed E-state index contributed by atoms with van der Waals surface area (Å²) in [7, 11) is 1.43. The molecule has 1 aliphatic carbocycles. The number of nitrogens with one attached hydrogen (secondary N) is 3. The van der Waals surface area contributed by atoms with Crippen LogP contribution in [0.25, 0.3) is 0 Å². The number of carbonyl (C=O) groups excluding carboxylic acids is 5. The average Bonchev–Trinajstić information content (AvgIpc) is 3.29. The van der Waals surface area contributed by atoms with Crippen LogP contribution in [0.5, 0.6) is 0 Å². The summed E-state index contributed by atoms with van der Waals surface area (Å²) < 4.78 is 30.7. The van der Waals surface area contributed by atoms with Crippen molar-refractivity contribution in [2.24, 2.45) is 5.92 Å². The van der Waals surface area contributed by atoms with Crippen LogP contribution in [0, 0.1) is 29.0 Å². The molecule has 0 radical (unpaired) electrons. The highest BCUT2D eigenvalue weighted by atomic mass is 35.5. The standard InChI is InChI=1S/C44H45ClF2N12O5/c1-56(34-8-11-38(61)55-43(34)63)44(64)31-19-35(32(46)18-27(31)23-60)58-16-14-57(15-17-58)21-25-2-5-28(6-3-25)51-42(62)30-7-9-36(52-40(30)47)53-41-29-12-13-59(22-33(29)49-24-50-41)37-10-4-26(20-48)39(45)54-37/h4,7,9-10,18-19,23-25,28,34H,2-3,5-6,8,11-17,21-22H2,1H3,(H,51,62)(H,55,61,63)(H,49,50,52,53). The van der Waals surface area contributed by atoms with Crippen LogP contribution in [0.4, 0.5) is 31.9 Å². The molecule has 3 aliphatic heterocycles. The third-order valence-corrected chi connectivity index (χ3v) is 12.8. The van der Waals surface area contributed by atoms with Gasteiger partial charge < -0.3 is 25.3 Å². The largest absolute Gasteiger partial charge is 0.367 e. The van der Waals surface area contributed by atoms with Gasteiger partial charge in [-0.15, -0.1) is 0 Å². The lowest BCUT2D eigenvalue weighted by Crippen LogP contribution is -2.53. The molecule has 1 aromatic carbocycles. The number of aldehydes is 1. The second kappa shape index (κ2) is 19.0. The first-order valence-corrected chi connectivity index (χ1v) is 21.5. The highest BCUT2D eigenvalue weighted by Gasteiger charge is 2.35. The zero-order valence-corrected chi connectivity index (χ0v) is 35.7. The molecule has 4 aromatic rings. The van der Waals surface area contributed by atoms with Crippen LogP contribution in [-0.4, -0.2) is 118 Å². The molecule has 1 saturated carbocycles. The third-order valence-electron chi connectivity index (χ3n) is 12.5. The molecule has 0 bridgehead atoms. The molecule has 8 rings (SSSR count). The van der Waals surface area contributed by atoms with Gasteiger partial charge >= 0.3 is 0 Å². The first-order valence-electron chi connectivity index (χ1n) is 21.1. The van der Waals surface area contributed by atoms with E-state index in [-0.39, 0.29) is 52.2 Å². The van der Waals surface area contributed by atoms with Gasteiger partial charge in [0.15, 0.2) is 6.29 Å². The molecule has 2 saturated heterocycles. The summed E-state index contributed by atoms with van der Waals surface area (Å²) in [6.07, 6.45) is 5.80. The van der Waals surface area contributed by atoms with Gasteiger partial charge in [-0.1, -0.05) is 11.6 Å². The van der Waals surface area contributed by atoms with Crippen molar-refractivity contribution in [1.82, 2.24) is 40.4 Å². The van der Waals surface area contributed by atoms with Gasteiger partial charge in [0.1, 0.15) is 46.9 Å². The van der Waals surface area contributed by atoms with Gasteiger partial charge in [-0.05, 0) is 80.8 Å². The summed E-state index contributed by atoms with van der Waals surface area (Å²) in [6, 6.07) is 9.72. The number of rotatable bonds is 11. The average molecular weight is 895 g/mol. The van der Waals surface area contributed by atoms with E-state index in [1.54, 1.807) is 12.1 Å². The van der Waals surface area contributed by atoms with Crippen LogP contribution in [-0.2, 0) is 22.6 Å². The van der Waals surface area contributed by atoms with Crippen LogP contribution >= 0.6 is 11.6 Å². The molecule has 1 unspecified atom stereocenters. The Balaban J connectivity index is 0.802. The number of benzene rings is 1. The smallest absolute Gasteiger partial charge is 0.256 e. The molecule has 3 fully saturated rings. The lowest BCUT2D eigenvalue weighted by atomic mass is 9.85. The number of nitrogens with zero attached hydrogens (tertiary/aromatic N) is 9. The minimum Gasteiger partial charge on any atom is -0.367 e. The SMILES string of the molecule is CN(C(=O)c1cc(N2CCN(CC3CCC(NC(=O)c4ccc(Nc5ncnc6c5CCN(c5ccc(C#N)c(Cl)n5)C6)nc4F)CC3)CC2)c(F)cc1C=O)C1CCC(=O)NC1=O. The monoisotopic (exact) mass is 894 g/mol. The predicted octanol–water partition coefficient (Wildman–Crippen LogP) is 4.18. The minimum atomic E-state index is -0.907. The van der Waals surface area contributed by atoms with Gasteiger partial charge in [-0.3, -0.25) is 34.2 Å². The second-order valence-corrected chi connectivity index (χ2v) is 16.8. The Labute approximate surface area is 372 Å². The summed E-state index contributed by atoms with van der Waals surface area (Å²) in [6.45, 7) is 4.10. The molecule has 20 heteroatoms. The zero-order chi connectivity index (χ0) is 45.1. The molecule has 4 aliphatic rings. The fraction of sp³-hybridized carbons (Fsp3) is 0.409. The van der Waals surface area contributed by atoms with Crippen LogP contribution in [0.15, 0.2) is 42.7 Å². The number of carbonyl (C=O) groups is 5. The van der Waals surface area contributed by atoms with Crippen molar-refractivity contribution in [2.75, 3.05) is 61.4 Å². The molecule has 64 heavy (non-hydrogen) atoms. The molecule has 1 atom stereocenters. The number of halogens is 3. The van der Waals surface area contributed by atoms with E-state index in [1.807, 2.05) is 15.9 Å². The summed E-state index contributed by atoms with van der Waals surface area (Å²) in [5, 5.41) is 17.6. The molecule has 17 nitrogen and oxygen atoms in total. The summed E-state index contributed by atoms with van der Waals surface area (Å²) in [5.41, 5.74) is 1.79. The Morgan fingerprint density at radius 1 is 0.969 bits per heavy atom. The van der Waals surface area contributed by atoms with E-state index >= 15 is 8.78 Å². The number of anilines is 4. The number of fused-ring (bicyclic) bond motifs is 1. The number of hydrogen-bond donors (Lipinski definition) is 3. The molecule has 3 N–H and O–H groups in total. The number of amides is 4. The fourth-order valence-corrected chi connectivity index (χ4v) is 9.10. The van der Waals surface area contributed by atoms with Crippen molar-refractivity contribution in [2.45, 2.75) is 63.6 Å². The Kier molecular flexibility index (Phi) is 13.0. The zero-order valence-electron chi connectivity index (χ0n) is 35.0. The number of piperazine rings is 1. The van der Waals surface area contributed by atoms with Crippen molar-refractivity contribution in [1.29, 1.82) is 5.26 Å². The summed E-state index contributed by atoms with van der Waals surface area (Å²) in [4.78, 5) is 87.2. The van der Waals surface area contributed by atoms with Gasteiger partial charge in [0.2, 0.25) is 17.8 Å². The van der Waals surface area contributed by atoms with E-state index in [0.717, 1.165) is 49.6 Å². The maximum Gasteiger partial charge on any atom is 0.256 e. The first kappa shape index (κ1) is 44.0. The van der Waals surface area contributed by atoms with Crippen molar-refractivity contribution >= 4 is 64.7 Å². The molecular formula is C44H45ClF2N12O5. The Bertz CT molecular complexity index is 2540. The topological polar surface area (TPSA) is 210 Å². The van der Waals surface area contributed by atoms with Gasteiger partial charge in [0.25, 0.3) is 11.8 Å². The van der Waals surface area contributed by atoms with Crippen molar-refractivity contribution in [3.05, 3.63) is 93.2 Å². The Hall–Kier alpha value is -6.65. The van der Waals surface area contributed by atoms with Gasteiger partial charge in [-0.2, -0.15) is 9.65 Å². The van der Waals surface area contributed by atoms with Crippen LogP contribution < -0.4 is 25.8 Å². The lowest BCUT2D eigenvalue weighted by Gasteiger charge is -2.39. The number of imide groups is 1. The fourth-order valence-electron chi connectivity index (χ4n) is 8.91. The third kappa shape index (κ3) is 9.48. The second-order valence-electron chi connectivity index (χ2n) is 16.5. The molecule has 332 valence electrons. The van der Waals surface area contributed by atoms with E-state index < -0.39 is 41.4 Å². The first-order chi connectivity index (χ1) is 30.9. The van der Waals surface area contributed by atoms with E-state index in [2.05, 4.69) is 40.8 Å². The van der Waals surface area contributed by atoms with Crippen molar-refractivity contribution < 1.29 is 32.8 Å². The Morgan fingerprint density at radius 2 is 1.75 bits per heavy atom. The quantitative estimate of drug-likeness (QED) is 0.110. The van der Waals surface area contributed by atoms with Gasteiger partial charge in [0.05, 0.1) is 34.6 Å². The minimum absolute atomic E-state index is 0.0179. The number of nitriles is 1. The molecule has 0 spiro atoms. The van der Waals surface area contributed by atoms with Crippen molar-refractivity contribution in [3.8, 4) is 6.07 Å². The number of aromatic nitrogens is 4. The van der Waals surface area contributed by atoms with Crippen LogP contribution in [0.3, 0.4) is 0 Å². The Morgan fingerprint density at radius 3 is 2.45 bits per heavy atom. The van der Waals surface area contributed by atoms with Crippen LogP contribution in [0.1, 0.15) is 86.4 Å². The molecular weight excluding hydrogens is 850 g/mol. The highest BCUT2D eigenvalue weighted by Crippen LogP contribution is 2.31. The predicted molar refractivity (Wildman–Crippen MR) is 230 cm³/mol. The number of hydrogen-bond acceptors (Lipinski definition) is 14. The molecule has 4 amide bonds. The van der Waals surface area contributed by atoms with E-state index in [4.69, 9.17) is 11.6 Å². The summed E-state index contributed by atoms with van der Waals surface area (Å²) in [5.74, 6) is -2.02. The lowest BCUT2D eigenvalue weighted by molar-refractivity contribution is -0.136. The maximum absolute atomic E-state index is 15.4.